The maximum Gasteiger partial charge on any atom is 0.300 e. The summed E-state index contributed by atoms with van der Waals surface area (Å²) in [6, 6.07) is 1.12. The summed E-state index contributed by atoms with van der Waals surface area (Å²) in [4.78, 5) is 25.7. The van der Waals surface area contributed by atoms with Gasteiger partial charge in [-0.25, -0.2) is 4.98 Å². The number of hydrogen-bond donors (Lipinski definition) is 2. The van der Waals surface area contributed by atoms with Gasteiger partial charge in [-0.15, -0.1) is 0 Å². The second-order valence-corrected chi connectivity index (χ2v) is 4.39. The van der Waals surface area contributed by atoms with Crippen LogP contribution < -0.4 is 11.1 Å². The first-order valence-corrected chi connectivity index (χ1v) is 5.53. The SMILES string of the molecule is CC(C)C(C)NC(=O)c1cc(N)ncc1[N+](=O)[O-]. The number of carbonyl (C=O) groups is 1. The third kappa shape index (κ3) is 3.16. The Morgan fingerprint density at radius 2 is 2.11 bits per heavy atom. The number of nitro groups is 1. The first kappa shape index (κ1) is 13.9. The predicted octanol–water partition coefficient (Wildman–Crippen LogP) is 1.35. The van der Waals surface area contributed by atoms with Gasteiger partial charge in [0, 0.05) is 6.04 Å². The lowest BCUT2D eigenvalue weighted by atomic mass is 10.1. The fraction of sp³-hybridized carbons (Fsp3) is 0.455. The minimum absolute atomic E-state index is 0.0694. The maximum absolute atomic E-state index is 11.9. The summed E-state index contributed by atoms with van der Waals surface area (Å²) in [5, 5.41) is 13.5. The molecule has 1 rings (SSSR count). The van der Waals surface area contributed by atoms with Gasteiger partial charge in [0.1, 0.15) is 17.6 Å². The van der Waals surface area contributed by atoms with Crippen LogP contribution in [0.25, 0.3) is 0 Å². The van der Waals surface area contributed by atoms with Gasteiger partial charge in [0.15, 0.2) is 0 Å². The van der Waals surface area contributed by atoms with E-state index in [0.29, 0.717) is 0 Å². The molecule has 0 aromatic carbocycles. The van der Waals surface area contributed by atoms with Crippen LogP contribution in [-0.2, 0) is 0 Å². The van der Waals surface area contributed by atoms with Crippen LogP contribution in [0.2, 0.25) is 0 Å². The minimum Gasteiger partial charge on any atom is -0.384 e. The van der Waals surface area contributed by atoms with Crippen molar-refractivity contribution in [2.45, 2.75) is 26.8 Å². The van der Waals surface area contributed by atoms with Gasteiger partial charge in [0.25, 0.3) is 11.6 Å². The highest BCUT2D eigenvalue weighted by Crippen LogP contribution is 2.19. The van der Waals surface area contributed by atoms with Crippen LogP contribution in [0.4, 0.5) is 11.5 Å². The van der Waals surface area contributed by atoms with E-state index in [-0.39, 0.29) is 29.0 Å². The molecule has 0 bridgehead atoms. The number of nitrogens with two attached hydrogens (primary N) is 1. The van der Waals surface area contributed by atoms with Gasteiger partial charge in [-0.05, 0) is 18.9 Å². The highest BCUT2D eigenvalue weighted by Gasteiger charge is 2.22. The zero-order valence-corrected chi connectivity index (χ0v) is 10.5. The number of pyridine rings is 1. The number of nitrogens with one attached hydrogen (secondary N) is 1. The summed E-state index contributed by atoms with van der Waals surface area (Å²) in [6.07, 6.45) is 0.990. The Hall–Kier alpha value is -2.18. The molecule has 18 heavy (non-hydrogen) atoms. The molecule has 3 N–H and O–H groups in total. The topological polar surface area (TPSA) is 111 Å². The van der Waals surface area contributed by atoms with E-state index in [1.165, 1.54) is 6.07 Å². The summed E-state index contributed by atoms with van der Waals surface area (Å²) in [7, 11) is 0. The molecule has 0 aliphatic carbocycles. The summed E-state index contributed by atoms with van der Waals surface area (Å²) in [6.45, 7) is 5.72. The van der Waals surface area contributed by atoms with Crippen molar-refractivity contribution < 1.29 is 9.72 Å². The number of amides is 1. The molecule has 1 aromatic heterocycles. The van der Waals surface area contributed by atoms with E-state index in [1.54, 1.807) is 0 Å². The standard InChI is InChI=1S/C11H16N4O3/c1-6(2)7(3)14-11(16)8-4-10(12)13-5-9(8)15(17)18/h4-7H,1-3H3,(H2,12,13)(H,14,16). The van der Waals surface area contributed by atoms with Crippen molar-refractivity contribution in [1.29, 1.82) is 0 Å². The average Bonchev–Trinajstić information content (AvgIpc) is 2.28. The summed E-state index contributed by atoms with van der Waals surface area (Å²) >= 11 is 0. The predicted molar refractivity (Wildman–Crippen MR) is 67.1 cm³/mol. The number of rotatable bonds is 4. The first-order valence-electron chi connectivity index (χ1n) is 5.53. The lowest BCUT2D eigenvalue weighted by Gasteiger charge is -2.17. The number of carbonyl (C=O) groups excluding carboxylic acids is 1. The number of nitrogens with zero attached hydrogens (tertiary/aromatic N) is 2. The molecule has 1 heterocycles. The van der Waals surface area contributed by atoms with Crippen molar-refractivity contribution in [1.82, 2.24) is 10.3 Å². The van der Waals surface area contributed by atoms with E-state index in [2.05, 4.69) is 10.3 Å². The Labute approximate surface area is 105 Å². The smallest absolute Gasteiger partial charge is 0.300 e. The molecule has 0 aliphatic rings. The van der Waals surface area contributed by atoms with Crippen molar-refractivity contribution in [2.24, 2.45) is 5.92 Å². The summed E-state index contributed by atoms with van der Waals surface area (Å²) < 4.78 is 0. The molecule has 7 nitrogen and oxygen atoms in total. The minimum atomic E-state index is -0.651. The quantitative estimate of drug-likeness (QED) is 0.620. The van der Waals surface area contributed by atoms with Crippen LogP contribution in [0, 0.1) is 16.0 Å². The van der Waals surface area contributed by atoms with Gasteiger partial charge in [-0.2, -0.15) is 0 Å². The van der Waals surface area contributed by atoms with E-state index in [0.717, 1.165) is 6.20 Å². The highest BCUT2D eigenvalue weighted by molar-refractivity contribution is 5.98. The highest BCUT2D eigenvalue weighted by atomic mass is 16.6. The van der Waals surface area contributed by atoms with E-state index in [4.69, 9.17) is 5.73 Å². The second-order valence-electron chi connectivity index (χ2n) is 4.39. The Bertz CT molecular complexity index is 473. The molecule has 98 valence electrons. The lowest BCUT2D eigenvalue weighted by molar-refractivity contribution is -0.385. The molecule has 7 heteroatoms. The fourth-order valence-corrected chi connectivity index (χ4v) is 1.24. The molecule has 1 unspecified atom stereocenters. The second kappa shape index (κ2) is 5.44. The van der Waals surface area contributed by atoms with Gasteiger partial charge in [0.05, 0.1) is 4.92 Å². The van der Waals surface area contributed by atoms with Crippen molar-refractivity contribution >= 4 is 17.4 Å². The van der Waals surface area contributed by atoms with Gasteiger partial charge in [-0.3, -0.25) is 14.9 Å². The van der Waals surface area contributed by atoms with Crippen LogP contribution in [0.15, 0.2) is 12.3 Å². The molecule has 0 aliphatic heterocycles. The Morgan fingerprint density at radius 3 is 2.61 bits per heavy atom. The fourth-order valence-electron chi connectivity index (χ4n) is 1.24. The van der Waals surface area contributed by atoms with Crippen molar-refractivity contribution in [3.63, 3.8) is 0 Å². The summed E-state index contributed by atoms with van der Waals surface area (Å²) in [5.41, 5.74) is 5.02. The Kier molecular flexibility index (Phi) is 4.19. The van der Waals surface area contributed by atoms with E-state index >= 15 is 0 Å². The number of hydrogen-bond acceptors (Lipinski definition) is 5. The van der Waals surface area contributed by atoms with Crippen molar-refractivity contribution in [2.75, 3.05) is 5.73 Å². The van der Waals surface area contributed by atoms with E-state index in [9.17, 15) is 14.9 Å². The molecule has 0 saturated carbocycles. The molecule has 0 spiro atoms. The molecule has 1 atom stereocenters. The van der Waals surface area contributed by atoms with Gasteiger partial charge >= 0.3 is 0 Å². The van der Waals surface area contributed by atoms with Crippen LogP contribution in [0.5, 0.6) is 0 Å². The first-order chi connectivity index (χ1) is 8.32. The monoisotopic (exact) mass is 252 g/mol. The number of anilines is 1. The zero-order chi connectivity index (χ0) is 13.9. The third-order valence-corrected chi connectivity index (χ3v) is 2.70. The van der Waals surface area contributed by atoms with Gasteiger partial charge in [0.2, 0.25) is 0 Å². The van der Waals surface area contributed by atoms with Crippen molar-refractivity contribution in [3.8, 4) is 0 Å². The van der Waals surface area contributed by atoms with E-state index in [1.807, 2.05) is 20.8 Å². The summed E-state index contributed by atoms with van der Waals surface area (Å²) in [5.74, 6) is -0.216. The molecule has 0 fully saturated rings. The molecule has 0 saturated heterocycles. The lowest BCUT2D eigenvalue weighted by Crippen LogP contribution is -2.36. The van der Waals surface area contributed by atoms with E-state index < -0.39 is 10.8 Å². The third-order valence-electron chi connectivity index (χ3n) is 2.70. The molecule has 1 aromatic rings. The number of aromatic nitrogens is 1. The largest absolute Gasteiger partial charge is 0.384 e. The maximum atomic E-state index is 11.9. The zero-order valence-electron chi connectivity index (χ0n) is 10.5. The van der Waals surface area contributed by atoms with Crippen LogP contribution >= 0.6 is 0 Å². The van der Waals surface area contributed by atoms with Gasteiger partial charge < -0.3 is 11.1 Å². The normalized spacial score (nSPS) is 12.2. The van der Waals surface area contributed by atoms with Crippen LogP contribution in [0.3, 0.4) is 0 Å². The molecular formula is C11H16N4O3. The Balaban J connectivity index is 3.04. The molecule has 0 radical (unpaired) electrons. The number of nitrogen functional groups attached to an aromatic ring is 1. The van der Waals surface area contributed by atoms with Crippen molar-refractivity contribution in [3.05, 3.63) is 27.9 Å². The van der Waals surface area contributed by atoms with Crippen LogP contribution in [-0.4, -0.2) is 21.9 Å². The molecule has 1 amide bonds. The van der Waals surface area contributed by atoms with Crippen LogP contribution in [0.1, 0.15) is 31.1 Å². The van der Waals surface area contributed by atoms with Gasteiger partial charge in [-0.1, -0.05) is 13.8 Å². The molecular weight excluding hydrogens is 236 g/mol. The Morgan fingerprint density at radius 1 is 1.50 bits per heavy atom. The average molecular weight is 252 g/mol.